The van der Waals surface area contributed by atoms with Crippen molar-refractivity contribution in [2.75, 3.05) is 12.4 Å². The van der Waals surface area contributed by atoms with Crippen molar-refractivity contribution < 1.29 is 19.4 Å². The van der Waals surface area contributed by atoms with Crippen molar-refractivity contribution in [1.29, 1.82) is 0 Å². The smallest absolute Gasteiger partial charge is 0.255 e. The van der Waals surface area contributed by atoms with E-state index in [1.165, 1.54) is 0 Å². The quantitative estimate of drug-likeness (QED) is 0.372. The van der Waals surface area contributed by atoms with Crippen LogP contribution < -0.4 is 14.8 Å². The summed E-state index contributed by atoms with van der Waals surface area (Å²) in [5, 5.41) is 13.9. The van der Waals surface area contributed by atoms with Gasteiger partial charge in [0.2, 0.25) is 0 Å². The standard InChI is InChI=1S/C22H21IN2O4/c1-28-18-9-8-13(11-19(18)29-14-5-2-3-6-14)22(27)25-17-12-16(23)21(26)20-15(17)7-4-10-24-20/h4,7-12,14,26H,2-3,5-6H2,1H3,(H,25,27). The first-order valence-electron chi connectivity index (χ1n) is 9.49. The monoisotopic (exact) mass is 504 g/mol. The molecule has 1 fully saturated rings. The number of rotatable bonds is 5. The lowest BCUT2D eigenvalue weighted by atomic mass is 10.1. The zero-order valence-corrected chi connectivity index (χ0v) is 18.1. The number of nitrogens with one attached hydrogen (secondary N) is 1. The summed E-state index contributed by atoms with van der Waals surface area (Å²) in [4.78, 5) is 17.2. The zero-order chi connectivity index (χ0) is 20.4. The number of hydrogen-bond acceptors (Lipinski definition) is 5. The molecule has 2 aromatic carbocycles. The number of aromatic hydroxyl groups is 1. The number of anilines is 1. The highest BCUT2D eigenvalue weighted by Crippen LogP contribution is 2.35. The van der Waals surface area contributed by atoms with Gasteiger partial charge in [0.25, 0.3) is 5.91 Å². The fraction of sp³-hybridized carbons (Fsp3) is 0.273. The summed E-state index contributed by atoms with van der Waals surface area (Å²) in [6.45, 7) is 0. The van der Waals surface area contributed by atoms with Crippen LogP contribution in [0.15, 0.2) is 42.6 Å². The van der Waals surface area contributed by atoms with Gasteiger partial charge >= 0.3 is 0 Å². The molecule has 1 heterocycles. The van der Waals surface area contributed by atoms with Gasteiger partial charge in [-0.15, -0.1) is 0 Å². The van der Waals surface area contributed by atoms with Crippen molar-refractivity contribution in [3.8, 4) is 17.2 Å². The molecule has 0 bridgehead atoms. The number of fused-ring (bicyclic) bond motifs is 1. The molecule has 0 radical (unpaired) electrons. The SMILES string of the molecule is COc1ccc(C(=O)Nc2cc(I)c(O)c3ncccc23)cc1OC1CCCC1. The fourth-order valence-electron chi connectivity index (χ4n) is 3.59. The number of carbonyl (C=O) groups is 1. The molecule has 1 aliphatic rings. The Morgan fingerprint density at radius 3 is 2.76 bits per heavy atom. The number of amides is 1. The molecular weight excluding hydrogens is 483 g/mol. The number of methoxy groups -OCH3 is 1. The van der Waals surface area contributed by atoms with Gasteiger partial charge in [-0.05, 0) is 84.7 Å². The molecule has 7 heteroatoms. The molecule has 0 unspecified atom stereocenters. The van der Waals surface area contributed by atoms with Crippen LogP contribution in [0.4, 0.5) is 5.69 Å². The lowest BCUT2D eigenvalue weighted by molar-refractivity contribution is 0.102. The second-order valence-electron chi connectivity index (χ2n) is 7.00. The molecule has 6 nitrogen and oxygen atoms in total. The third kappa shape index (κ3) is 4.10. The first-order valence-corrected chi connectivity index (χ1v) is 10.6. The van der Waals surface area contributed by atoms with Crippen molar-refractivity contribution >= 4 is 45.1 Å². The third-order valence-electron chi connectivity index (χ3n) is 5.09. The molecule has 3 aromatic rings. The highest BCUT2D eigenvalue weighted by Gasteiger charge is 2.20. The summed E-state index contributed by atoms with van der Waals surface area (Å²) in [6, 6.07) is 10.5. The summed E-state index contributed by atoms with van der Waals surface area (Å²) < 4.78 is 12.1. The predicted octanol–water partition coefficient (Wildman–Crippen LogP) is 5.13. The summed E-state index contributed by atoms with van der Waals surface area (Å²) in [7, 11) is 1.59. The second kappa shape index (κ2) is 8.44. The highest BCUT2D eigenvalue weighted by atomic mass is 127. The Hall–Kier alpha value is -2.55. The number of ether oxygens (including phenoxy) is 2. The van der Waals surface area contributed by atoms with Crippen LogP contribution in [0.2, 0.25) is 0 Å². The first-order chi connectivity index (χ1) is 14.1. The van der Waals surface area contributed by atoms with Crippen molar-refractivity contribution in [2.24, 2.45) is 0 Å². The van der Waals surface area contributed by atoms with Gasteiger partial charge in [-0.25, -0.2) is 0 Å². The van der Waals surface area contributed by atoms with E-state index in [1.807, 2.05) is 28.7 Å². The molecule has 1 amide bonds. The molecular formula is C22H21IN2O4. The first kappa shape index (κ1) is 19.8. The van der Waals surface area contributed by atoms with Crippen LogP contribution >= 0.6 is 22.6 Å². The van der Waals surface area contributed by atoms with Crippen molar-refractivity contribution in [3.05, 3.63) is 51.7 Å². The van der Waals surface area contributed by atoms with E-state index in [-0.39, 0.29) is 17.8 Å². The van der Waals surface area contributed by atoms with Gasteiger partial charge in [0.1, 0.15) is 5.52 Å². The minimum Gasteiger partial charge on any atom is -0.505 e. The largest absolute Gasteiger partial charge is 0.505 e. The lowest BCUT2D eigenvalue weighted by Crippen LogP contribution is -2.15. The highest BCUT2D eigenvalue weighted by molar-refractivity contribution is 14.1. The molecule has 4 rings (SSSR count). The summed E-state index contributed by atoms with van der Waals surface area (Å²) in [5.41, 5.74) is 1.52. The predicted molar refractivity (Wildman–Crippen MR) is 120 cm³/mol. The van der Waals surface area contributed by atoms with E-state index in [0.717, 1.165) is 25.7 Å². The number of nitrogens with zero attached hydrogens (tertiary/aromatic N) is 1. The number of halogens is 1. The zero-order valence-electron chi connectivity index (χ0n) is 15.9. The lowest BCUT2D eigenvalue weighted by Gasteiger charge is -2.17. The number of phenolic OH excluding ortho intramolecular Hbond substituents is 1. The molecule has 150 valence electrons. The number of phenols is 1. The van der Waals surface area contributed by atoms with E-state index in [9.17, 15) is 9.90 Å². The van der Waals surface area contributed by atoms with Gasteiger partial charge in [-0.3, -0.25) is 9.78 Å². The van der Waals surface area contributed by atoms with E-state index in [1.54, 1.807) is 43.6 Å². The van der Waals surface area contributed by atoms with Gasteiger partial charge in [-0.1, -0.05) is 0 Å². The molecule has 2 N–H and O–H groups in total. The Morgan fingerprint density at radius 1 is 1.21 bits per heavy atom. The average Bonchev–Trinajstić information content (AvgIpc) is 3.25. The summed E-state index contributed by atoms with van der Waals surface area (Å²) in [5.74, 6) is 1.03. The van der Waals surface area contributed by atoms with Gasteiger partial charge in [0.15, 0.2) is 17.2 Å². The van der Waals surface area contributed by atoms with Crippen LogP contribution in [0.5, 0.6) is 17.2 Å². The Labute approximate surface area is 182 Å². The van der Waals surface area contributed by atoms with Crippen molar-refractivity contribution in [2.45, 2.75) is 31.8 Å². The molecule has 0 aliphatic heterocycles. The average molecular weight is 504 g/mol. The van der Waals surface area contributed by atoms with Crippen LogP contribution in [-0.4, -0.2) is 29.2 Å². The van der Waals surface area contributed by atoms with Crippen molar-refractivity contribution in [1.82, 2.24) is 4.98 Å². The van der Waals surface area contributed by atoms with Crippen molar-refractivity contribution in [3.63, 3.8) is 0 Å². The van der Waals surface area contributed by atoms with E-state index in [0.29, 0.717) is 37.2 Å². The van der Waals surface area contributed by atoms with E-state index >= 15 is 0 Å². The Bertz CT molecular complexity index is 1060. The summed E-state index contributed by atoms with van der Waals surface area (Å²) >= 11 is 2.02. The summed E-state index contributed by atoms with van der Waals surface area (Å²) in [6.07, 6.45) is 6.13. The minimum absolute atomic E-state index is 0.107. The maximum Gasteiger partial charge on any atom is 0.255 e. The molecule has 1 saturated carbocycles. The number of carbonyl (C=O) groups excluding carboxylic acids is 1. The molecule has 29 heavy (non-hydrogen) atoms. The number of aromatic nitrogens is 1. The van der Waals surface area contributed by atoms with Crippen LogP contribution in [0.25, 0.3) is 10.9 Å². The van der Waals surface area contributed by atoms with E-state index < -0.39 is 0 Å². The van der Waals surface area contributed by atoms with Gasteiger partial charge in [-0.2, -0.15) is 0 Å². The van der Waals surface area contributed by atoms with E-state index in [2.05, 4.69) is 10.3 Å². The topological polar surface area (TPSA) is 80.7 Å². The molecule has 1 aliphatic carbocycles. The van der Waals surface area contributed by atoms with Crippen LogP contribution in [0.3, 0.4) is 0 Å². The number of benzene rings is 2. The molecule has 0 atom stereocenters. The minimum atomic E-state index is -0.268. The normalized spacial score (nSPS) is 14.1. The van der Waals surface area contributed by atoms with Crippen LogP contribution in [0, 0.1) is 3.57 Å². The fourth-order valence-corrected chi connectivity index (χ4v) is 4.16. The van der Waals surface area contributed by atoms with Gasteiger partial charge in [0.05, 0.1) is 22.5 Å². The second-order valence-corrected chi connectivity index (χ2v) is 8.16. The third-order valence-corrected chi connectivity index (χ3v) is 5.91. The Balaban J connectivity index is 1.63. The van der Waals surface area contributed by atoms with E-state index in [4.69, 9.17) is 9.47 Å². The molecule has 0 spiro atoms. The number of hydrogen-bond donors (Lipinski definition) is 2. The Morgan fingerprint density at radius 2 is 2.00 bits per heavy atom. The van der Waals surface area contributed by atoms with Gasteiger partial charge in [0, 0.05) is 17.1 Å². The maximum absolute atomic E-state index is 13.0. The Kier molecular flexibility index (Phi) is 5.75. The van der Waals surface area contributed by atoms with Crippen LogP contribution in [0.1, 0.15) is 36.0 Å². The van der Waals surface area contributed by atoms with Gasteiger partial charge < -0.3 is 19.9 Å². The molecule has 1 aromatic heterocycles. The van der Waals surface area contributed by atoms with Crippen LogP contribution in [-0.2, 0) is 0 Å². The maximum atomic E-state index is 13.0. The number of pyridine rings is 1. The molecule has 0 saturated heterocycles.